The second-order valence-electron chi connectivity index (χ2n) is 3.32. The van der Waals surface area contributed by atoms with E-state index in [0.717, 1.165) is 11.3 Å². The number of carbonyl (C=O) groups is 1. The van der Waals surface area contributed by atoms with Crippen molar-refractivity contribution in [1.29, 1.82) is 0 Å². The SMILES string of the molecule is COc1ccccc1COCCC(C)=O. The van der Waals surface area contributed by atoms with Crippen molar-refractivity contribution in [2.75, 3.05) is 13.7 Å². The number of benzene rings is 1. The number of ketones is 1. The number of hydrogen-bond acceptors (Lipinski definition) is 3. The van der Waals surface area contributed by atoms with E-state index < -0.39 is 0 Å². The first-order valence-corrected chi connectivity index (χ1v) is 4.93. The maximum atomic E-state index is 10.7. The average molecular weight is 208 g/mol. The second-order valence-corrected chi connectivity index (χ2v) is 3.32. The summed E-state index contributed by atoms with van der Waals surface area (Å²) in [5, 5.41) is 0. The van der Waals surface area contributed by atoms with Gasteiger partial charge in [-0.25, -0.2) is 0 Å². The van der Waals surface area contributed by atoms with Gasteiger partial charge in [-0.2, -0.15) is 0 Å². The van der Waals surface area contributed by atoms with Crippen molar-refractivity contribution in [2.45, 2.75) is 20.0 Å². The molecule has 0 amide bonds. The largest absolute Gasteiger partial charge is 0.496 e. The molecule has 0 fully saturated rings. The van der Waals surface area contributed by atoms with Gasteiger partial charge in [-0.05, 0) is 13.0 Å². The van der Waals surface area contributed by atoms with E-state index >= 15 is 0 Å². The Bertz CT molecular complexity index is 320. The highest BCUT2D eigenvalue weighted by Crippen LogP contribution is 2.17. The highest BCUT2D eigenvalue weighted by atomic mass is 16.5. The van der Waals surface area contributed by atoms with Crippen LogP contribution in [0.25, 0.3) is 0 Å². The van der Waals surface area contributed by atoms with Crippen LogP contribution in [0.1, 0.15) is 18.9 Å². The Morgan fingerprint density at radius 2 is 2.07 bits per heavy atom. The Morgan fingerprint density at radius 1 is 1.33 bits per heavy atom. The van der Waals surface area contributed by atoms with Crippen LogP contribution < -0.4 is 4.74 Å². The first kappa shape index (κ1) is 11.7. The third-order valence-corrected chi connectivity index (χ3v) is 2.05. The highest BCUT2D eigenvalue weighted by molar-refractivity contribution is 5.75. The maximum Gasteiger partial charge on any atom is 0.132 e. The molecule has 0 heterocycles. The van der Waals surface area contributed by atoms with Crippen molar-refractivity contribution in [2.24, 2.45) is 0 Å². The molecule has 0 aliphatic heterocycles. The van der Waals surface area contributed by atoms with E-state index in [1.165, 1.54) is 0 Å². The van der Waals surface area contributed by atoms with Crippen LogP contribution in [0.4, 0.5) is 0 Å². The van der Waals surface area contributed by atoms with E-state index in [4.69, 9.17) is 9.47 Å². The van der Waals surface area contributed by atoms with Crippen LogP contribution in [0.2, 0.25) is 0 Å². The van der Waals surface area contributed by atoms with E-state index in [9.17, 15) is 4.79 Å². The van der Waals surface area contributed by atoms with E-state index in [0.29, 0.717) is 19.6 Å². The minimum Gasteiger partial charge on any atom is -0.496 e. The monoisotopic (exact) mass is 208 g/mol. The Morgan fingerprint density at radius 3 is 2.73 bits per heavy atom. The van der Waals surface area contributed by atoms with Crippen LogP contribution in [-0.4, -0.2) is 19.5 Å². The summed E-state index contributed by atoms with van der Waals surface area (Å²) < 4.78 is 10.5. The molecule has 0 aliphatic rings. The van der Waals surface area contributed by atoms with Gasteiger partial charge in [0.2, 0.25) is 0 Å². The number of hydrogen-bond donors (Lipinski definition) is 0. The molecule has 0 aliphatic carbocycles. The third kappa shape index (κ3) is 4.13. The number of carbonyl (C=O) groups excluding carboxylic acids is 1. The summed E-state index contributed by atoms with van der Waals surface area (Å²) in [4.78, 5) is 10.7. The van der Waals surface area contributed by atoms with Gasteiger partial charge in [0.1, 0.15) is 11.5 Å². The quantitative estimate of drug-likeness (QED) is 0.672. The van der Waals surface area contributed by atoms with E-state index in [1.807, 2.05) is 24.3 Å². The summed E-state index contributed by atoms with van der Waals surface area (Å²) >= 11 is 0. The predicted octanol–water partition coefficient (Wildman–Crippen LogP) is 2.19. The Labute approximate surface area is 90.0 Å². The van der Waals surface area contributed by atoms with Gasteiger partial charge in [0.05, 0.1) is 20.3 Å². The molecule has 0 saturated heterocycles. The summed E-state index contributed by atoms with van der Waals surface area (Å²) in [7, 11) is 1.63. The first-order chi connectivity index (χ1) is 7.24. The zero-order valence-corrected chi connectivity index (χ0v) is 9.16. The van der Waals surface area contributed by atoms with Crippen LogP contribution in [0, 0.1) is 0 Å². The molecule has 0 aromatic heterocycles. The van der Waals surface area contributed by atoms with Gasteiger partial charge < -0.3 is 9.47 Å². The van der Waals surface area contributed by atoms with Gasteiger partial charge in [0.25, 0.3) is 0 Å². The first-order valence-electron chi connectivity index (χ1n) is 4.93. The summed E-state index contributed by atoms with van der Waals surface area (Å²) in [6.45, 7) is 2.51. The van der Waals surface area contributed by atoms with Gasteiger partial charge in [-0.3, -0.25) is 4.79 Å². The minimum atomic E-state index is 0.148. The molecule has 0 saturated carbocycles. The normalized spacial score (nSPS) is 10.0. The fraction of sp³-hybridized carbons (Fsp3) is 0.417. The molecule has 1 aromatic carbocycles. The van der Waals surface area contributed by atoms with Crippen molar-refractivity contribution in [1.82, 2.24) is 0 Å². The molecule has 0 bridgehead atoms. The fourth-order valence-electron chi connectivity index (χ4n) is 1.22. The average Bonchev–Trinajstić information content (AvgIpc) is 2.24. The zero-order chi connectivity index (χ0) is 11.1. The summed E-state index contributed by atoms with van der Waals surface area (Å²) in [6, 6.07) is 7.69. The fourth-order valence-corrected chi connectivity index (χ4v) is 1.22. The number of Topliss-reactive ketones (excluding diaryl/α,β-unsaturated/α-hetero) is 1. The van der Waals surface area contributed by atoms with Crippen LogP contribution in [0.5, 0.6) is 5.75 Å². The van der Waals surface area contributed by atoms with Gasteiger partial charge in [0.15, 0.2) is 0 Å². The second kappa shape index (κ2) is 6.19. The summed E-state index contributed by atoms with van der Waals surface area (Å²) in [5.74, 6) is 0.968. The van der Waals surface area contributed by atoms with Gasteiger partial charge in [-0.15, -0.1) is 0 Å². The van der Waals surface area contributed by atoms with Crippen molar-refractivity contribution in [3.8, 4) is 5.75 Å². The molecule has 0 atom stereocenters. The number of ether oxygens (including phenoxy) is 2. The van der Waals surface area contributed by atoms with Crippen molar-refractivity contribution in [3.05, 3.63) is 29.8 Å². The van der Waals surface area contributed by atoms with Crippen molar-refractivity contribution < 1.29 is 14.3 Å². The third-order valence-electron chi connectivity index (χ3n) is 2.05. The number of methoxy groups -OCH3 is 1. The Balaban J connectivity index is 2.39. The molecular formula is C12H16O3. The van der Waals surface area contributed by atoms with Gasteiger partial charge >= 0.3 is 0 Å². The van der Waals surface area contributed by atoms with Crippen LogP contribution in [-0.2, 0) is 16.1 Å². The standard InChI is InChI=1S/C12H16O3/c1-10(13)7-8-15-9-11-5-3-4-6-12(11)14-2/h3-6H,7-9H2,1-2H3. The number of para-hydroxylation sites is 1. The minimum absolute atomic E-state index is 0.148. The molecule has 0 radical (unpaired) electrons. The van der Waals surface area contributed by atoms with Gasteiger partial charge in [0, 0.05) is 12.0 Å². The van der Waals surface area contributed by atoms with Crippen molar-refractivity contribution in [3.63, 3.8) is 0 Å². The highest BCUT2D eigenvalue weighted by Gasteiger charge is 2.01. The lowest BCUT2D eigenvalue weighted by atomic mass is 10.2. The molecule has 0 N–H and O–H groups in total. The maximum absolute atomic E-state index is 10.7. The van der Waals surface area contributed by atoms with E-state index in [1.54, 1.807) is 14.0 Å². The smallest absolute Gasteiger partial charge is 0.132 e. The van der Waals surface area contributed by atoms with Gasteiger partial charge in [-0.1, -0.05) is 18.2 Å². The lowest BCUT2D eigenvalue weighted by Gasteiger charge is -2.08. The molecule has 3 heteroatoms. The summed E-state index contributed by atoms with van der Waals surface area (Å²) in [6.07, 6.45) is 0.467. The van der Waals surface area contributed by atoms with Crippen LogP contribution in [0.15, 0.2) is 24.3 Å². The lowest BCUT2D eigenvalue weighted by Crippen LogP contribution is -2.01. The molecule has 1 rings (SSSR count). The Kier molecular flexibility index (Phi) is 4.84. The molecule has 3 nitrogen and oxygen atoms in total. The van der Waals surface area contributed by atoms with E-state index in [-0.39, 0.29) is 5.78 Å². The van der Waals surface area contributed by atoms with E-state index in [2.05, 4.69) is 0 Å². The molecular weight excluding hydrogens is 192 g/mol. The molecule has 1 aromatic rings. The lowest BCUT2D eigenvalue weighted by molar-refractivity contribution is -0.118. The summed E-state index contributed by atoms with van der Waals surface area (Å²) in [5.41, 5.74) is 1.00. The predicted molar refractivity (Wildman–Crippen MR) is 57.9 cm³/mol. The Hall–Kier alpha value is -1.35. The van der Waals surface area contributed by atoms with Crippen LogP contribution >= 0.6 is 0 Å². The molecule has 82 valence electrons. The number of rotatable bonds is 6. The zero-order valence-electron chi connectivity index (χ0n) is 9.16. The van der Waals surface area contributed by atoms with Crippen molar-refractivity contribution >= 4 is 5.78 Å². The molecule has 15 heavy (non-hydrogen) atoms. The topological polar surface area (TPSA) is 35.5 Å². The van der Waals surface area contributed by atoms with Crippen LogP contribution in [0.3, 0.4) is 0 Å². The molecule has 0 spiro atoms. The molecule has 0 unspecified atom stereocenters.